The summed E-state index contributed by atoms with van der Waals surface area (Å²) in [4.78, 5) is 50.3. The van der Waals surface area contributed by atoms with Gasteiger partial charge in [-0.05, 0) is 36.5 Å². The van der Waals surface area contributed by atoms with Crippen molar-refractivity contribution in [1.82, 2.24) is 0 Å². The number of Topliss-reactive ketones (excluding diaryl/α,β-unsaturated/α-hetero) is 1. The van der Waals surface area contributed by atoms with Crippen LogP contribution in [0.25, 0.3) is 0 Å². The molecule has 9 heteroatoms. The molecule has 0 radical (unpaired) electrons. The van der Waals surface area contributed by atoms with Gasteiger partial charge in [-0.25, -0.2) is 0 Å². The Labute approximate surface area is 205 Å². The fourth-order valence-electron chi connectivity index (χ4n) is 6.55. The molecule has 7 unspecified atom stereocenters. The normalized spacial score (nSPS) is 38.6. The van der Waals surface area contributed by atoms with Crippen molar-refractivity contribution in [2.24, 2.45) is 16.7 Å². The molecule has 2 N–H and O–H groups in total. The number of hydrogen-bond donors (Lipinski definition) is 2. The van der Waals surface area contributed by atoms with Crippen molar-refractivity contribution < 1.29 is 43.6 Å². The first-order valence-corrected chi connectivity index (χ1v) is 11.8. The lowest BCUT2D eigenvalue weighted by molar-refractivity contribution is -0.234. The number of aliphatic hydroxyl groups is 2. The van der Waals surface area contributed by atoms with E-state index in [2.05, 4.69) is 6.58 Å². The quantitative estimate of drug-likeness (QED) is 0.345. The third kappa shape index (κ3) is 4.12. The molecular formula is C26H36O9. The highest BCUT2D eigenvalue weighted by atomic mass is 16.6. The zero-order valence-corrected chi connectivity index (χ0v) is 21.5. The molecular weight excluding hydrogens is 456 g/mol. The first-order valence-electron chi connectivity index (χ1n) is 11.8. The molecule has 2 fully saturated rings. The summed E-state index contributed by atoms with van der Waals surface area (Å²) in [5, 5.41) is 23.1. The Morgan fingerprint density at radius 2 is 1.49 bits per heavy atom. The van der Waals surface area contributed by atoms with Crippen LogP contribution in [0.1, 0.15) is 67.7 Å². The van der Waals surface area contributed by atoms with Crippen LogP contribution in [-0.2, 0) is 33.4 Å². The Morgan fingerprint density at radius 1 is 0.971 bits per heavy atom. The molecule has 0 saturated heterocycles. The fourth-order valence-corrected chi connectivity index (χ4v) is 6.55. The molecule has 9 nitrogen and oxygen atoms in total. The van der Waals surface area contributed by atoms with E-state index in [0.29, 0.717) is 11.1 Å². The fraction of sp³-hybridized carbons (Fsp3) is 0.692. The van der Waals surface area contributed by atoms with Crippen molar-refractivity contribution in [1.29, 1.82) is 0 Å². The Morgan fingerprint density at radius 3 is 2.00 bits per heavy atom. The van der Waals surface area contributed by atoms with Gasteiger partial charge in [0.1, 0.15) is 17.8 Å². The number of esters is 3. The van der Waals surface area contributed by atoms with Crippen LogP contribution in [0.5, 0.6) is 0 Å². The van der Waals surface area contributed by atoms with Crippen LogP contribution < -0.4 is 0 Å². The van der Waals surface area contributed by atoms with Crippen molar-refractivity contribution in [3.8, 4) is 0 Å². The maximum atomic E-state index is 13.3. The number of carbonyl (C=O) groups is 4. The van der Waals surface area contributed by atoms with Crippen LogP contribution in [0, 0.1) is 16.7 Å². The van der Waals surface area contributed by atoms with E-state index in [1.807, 2.05) is 0 Å². The third-order valence-electron chi connectivity index (χ3n) is 8.36. The standard InChI is InChI=1S/C26H36O9/c1-12-17(30)9-10-25(8)20(12)22(34-15(4)28)26(32)11-18(31)13(2)19(24(26,6)7)21(33-14(3)27)23(25)35-16(5)29/h17,20-23,30,32H,1,9-11H2,2-8H3. The summed E-state index contributed by atoms with van der Waals surface area (Å²) in [6, 6.07) is 0. The lowest BCUT2D eigenvalue weighted by Crippen LogP contribution is -2.70. The molecule has 194 valence electrons. The Balaban J connectivity index is 2.48. The molecule has 2 saturated carbocycles. The van der Waals surface area contributed by atoms with Gasteiger partial charge in [0.15, 0.2) is 11.9 Å². The molecule has 0 aromatic carbocycles. The smallest absolute Gasteiger partial charge is 0.303 e. The highest BCUT2D eigenvalue weighted by Crippen LogP contribution is 2.61. The first-order chi connectivity index (χ1) is 16.0. The van der Waals surface area contributed by atoms with Gasteiger partial charge in [0.05, 0.1) is 6.10 Å². The third-order valence-corrected chi connectivity index (χ3v) is 8.36. The number of fused-ring (bicyclic) bond motifs is 3. The summed E-state index contributed by atoms with van der Waals surface area (Å²) >= 11 is 0. The van der Waals surface area contributed by atoms with Crippen LogP contribution in [0.3, 0.4) is 0 Å². The van der Waals surface area contributed by atoms with Gasteiger partial charge in [-0.1, -0.05) is 27.4 Å². The molecule has 35 heavy (non-hydrogen) atoms. The van der Waals surface area contributed by atoms with E-state index in [1.54, 1.807) is 27.7 Å². The molecule has 7 atom stereocenters. The Hall–Kier alpha value is -2.52. The molecule has 3 rings (SSSR count). The second kappa shape index (κ2) is 8.85. The van der Waals surface area contributed by atoms with Crippen molar-refractivity contribution >= 4 is 23.7 Å². The van der Waals surface area contributed by atoms with Crippen LogP contribution in [0.2, 0.25) is 0 Å². The zero-order chi connectivity index (χ0) is 26.7. The molecule has 2 bridgehead atoms. The number of aliphatic hydroxyl groups excluding tert-OH is 1. The largest absolute Gasteiger partial charge is 0.459 e. The molecule has 0 amide bonds. The van der Waals surface area contributed by atoms with E-state index >= 15 is 0 Å². The van der Waals surface area contributed by atoms with E-state index in [4.69, 9.17) is 14.2 Å². The van der Waals surface area contributed by atoms with E-state index in [-0.39, 0.29) is 24.8 Å². The van der Waals surface area contributed by atoms with Gasteiger partial charge in [0.25, 0.3) is 0 Å². The summed E-state index contributed by atoms with van der Waals surface area (Å²) in [7, 11) is 0. The molecule has 0 aromatic heterocycles. The van der Waals surface area contributed by atoms with Gasteiger partial charge in [-0.3, -0.25) is 19.2 Å². The minimum Gasteiger partial charge on any atom is -0.459 e. The van der Waals surface area contributed by atoms with Gasteiger partial charge in [-0.2, -0.15) is 0 Å². The molecule has 0 heterocycles. The van der Waals surface area contributed by atoms with E-state index in [9.17, 15) is 29.4 Å². The SMILES string of the molecule is C=C1C(O)CCC2(C)C(OC(C)=O)C(OC(C)=O)C3=C(C)C(=O)CC(O)(C(OC(C)=O)C12)C3(C)C. The van der Waals surface area contributed by atoms with Gasteiger partial charge < -0.3 is 24.4 Å². The number of allylic oxidation sites excluding steroid dienone is 1. The minimum atomic E-state index is -1.93. The summed E-state index contributed by atoms with van der Waals surface area (Å²) in [5.74, 6) is -3.31. The minimum absolute atomic E-state index is 0.266. The monoisotopic (exact) mass is 492 g/mol. The van der Waals surface area contributed by atoms with Gasteiger partial charge >= 0.3 is 17.9 Å². The topological polar surface area (TPSA) is 136 Å². The first kappa shape index (κ1) is 27.1. The molecule has 0 spiro atoms. The number of carbonyl (C=O) groups excluding carboxylic acids is 4. The van der Waals surface area contributed by atoms with Crippen molar-refractivity contribution in [2.45, 2.75) is 97.7 Å². The maximum Gasteiger partial charge on any atom is 0.303 e. The summed E-state index contributed by atoms with van der Waals surface area (Å²) < 4.78 is 17.4. The zero-order valence-electron chi connectivity index (χ0n) is 21.5. The number of rotatable bonds is 3. The highest BCUT2D eigenvalue weighted by molar-refractivity contribution is 5.98. The van der Waals surface area contributed by atoms with Gasteiger partial charge in [-0.15, -0.1) is 0 Å². The van der Waals surface area contributed by atoms with Crippen LogP contribution in [0.4, 0.5) is 0 Å². The van der Waals surface area contributed by atoms with Crippen molar-refractivity contribution in [3.63, 3.8) is 0 Å². The number of ether oxygens (including phenoxy) is 3. The molecule has 3 aliphatic rings. The van der Waals surface area contributed by atoms with Gasteiger partial charge in [0, 0.05) is 43.9 Å². The second-order valence-corrected chi connectivity index (χ2v) is 10.9. The van der Waals surface area contributed by atoms with Gasteiger partial charge in [0.2, 0.25) is 0 Å². The van der Waals surface area contributed by atoms with Crippen LogP contribution in [-0.4, -0.2) is 63.9 Å². The Kier molecular flexibility index (Phi) is 6.85. The predicted octanol–water partition coefficient (Wildman–Crippen LogP) is 2.18. The van der Waals surface area contributed by atoms with E-state index < -0.39 is 70.5 Å². The van der Waals surface area contributed by atoms with E-state index in [0.717, 1.165) is 0 Å². The van der Waals surface area contributed by atoms with Crippen molar-refractivity contribution in [3.05, 3.63) is 23.3 Å². The lowest BCUT2D eigenvalue weighted by atomic mass is 9.47. The maximum absolute atomic E-state index is 13.3. The average Bonchev–Trinajstić information content (AvgIpc) is 2.71. The van der Waals surface area contributed by atoms with Crippen molar-refractivity contribution in [2.75, 3.05) is 0 Å². The highest BCUT2D eigenvalue weighted by Gasteiger charge is 2.69. The van der Waals surface area contributed by atoms with Crippen LogP contribution >= 0.6 is 0 Å². The molecule has 0 aromatic rings. The summed E-state index contributed by atoms with van der Waals surface area (Å²) in [5.41, 5.74) is -3.40. The average molecular weight is 493 g/mol. The summed E-state index contributed by atoms with van der Waals surface area (Å²) in [6.07, 6.45) is -4.39. The lowest BCUT2D eigenvalue weighted by Gasteiger charge is -2.62. The van der Waals surface area contributed by atoms with E-state index in [1.165, 1.54) is 20.8 Å². The number of ketones is 1. The Bertz CT molecular complexity index is 1010. The summed E-state index contributed by atoms with van der Waals surface area (Å²) in [6.45, 7) is 14.5. The predicted molar refractivity (Wildman–Crippen MR) is 124 cm³/mol. The second-order valence-electron chi connectivity index (χ2n) is 10.9. The number of hydrogen-bond acceptors (Lipinski definition) is 9. The van der Waals surface area contributed by atoms with Crippen LogP contribution in [0.15, 0.2) is 23.3 Å². The molecule has 3 aliphatic carbocycles. The molecule has 0 aliphatic heterocycles.